The van der Waals surface area contributed by atoms with Gasteiger partial charge in [0.15, 0.2) is 9.84 Å². The lowest BCUT2D eigenvalue weighted by atomic mass is 10.1. The minimum atomic E-state index is -3.30. The molecular formula is C18H16N2O4S. The number of carbonyl (C=O) groups excluding carboxylic acids is 1. The van der Waals surface area contributed by atoms with Gasteiger partial charge in [0.05, 0.1) is 10.5 Å². The van der Waals surface area contributed by atoms with Gasteiger partial charge in [-0.1, -0.05) is 18.2 Å². The summed E-state index contributed by atoms with van der Waals surface area (Å²) in [6.07, 6.45) is 1.12. The molecule has 7 heteroatoms. The number of carbonyl (C=O) groups is 1. The van der Waals surface area contributed by atoms with Gasteiger partial charge in [-0.25, -0.2) is 8.42 Å². The number of hydrogen-bond donors (Lipinski definition) is 1. The Kier molecular flexibility index (Phi) is 4.18. The van der Waals surface area contributed by atoms with E-state index in [0.29, 0.717) is 16.6 Å². The molecule has 0 saturated carbocycles. The van der Waals surface area contributed by atoms with Gasteiger partial charge in [0, 0.05) is 36.0 Å². The minimum absolute atomic E-state index is 0.179. The van der Waals surface area contributed by atoms with Crippen LogP contribution in [0.1, 0.15) is 10.4 Å². The Bertz CT molecular complexity index is 1120. The molecule has 0 radical (unpaired) electrons. The van der Waals surface area contributed by atoms with Crippen LogP contribution in [0, 0.1) is 0 Å². The number of benzene rings is 2. The van der Waals surface area contributed by atoms with Gasteiger partial charge in [-0.3, -0.25) is 9.59 Å². The van der Waals surface area contributed by atoms with E-state index in [2.05, 4.69) is 4.98 Å². The third-order valence-corrected chi connectivity index (χ3v) is 5.07. The van der Waals surface area contributed by atoms with E-state index >= 15 is 0 Å². The number of anilines is 1. The Morgan fingerprint density at radius 2 is 1.68 bits per heavy atom. The van der Waals surface area contributed by atoms with Crippen molar-refractivity contribution in [1.82, 2.24) is 4.98 Å². The van der Waals surface area contributed by atoms with Crippen LogP contribution in [0.2, 0.25) is 0 Å². The molecule has 1 heterocycles. The van der Waals surface area contributed by atoms with Crippen LogP contribution >= 0.6 is 0 Å². The number of fused-ring (bicyclic) bond motifs is 1. The number of sulfone groups is 1. The minimum Gasteiger partial charge on any atom is -0.322 e. The van der Waals surface area contributed by atoms with Crippen molar-refractivity contribution in [2.75, 3.05) is 18.2 Å². The van der Waals surface area contributed by atoms with Crippen LogP contribution in [0.25, 0.3) is 10.9 Å². The van der Waals surface area contributed by atoms with Gasteiger partial charge < -0.3 is 9.88 Å². The molecule has 25 heavy (non-hydrogen) atoms. The van der Waals surface area contributed by atoms with Crippen molar-refractivity contribution in [3.8, 4) is 0 Å². The smallest absolute Gasteiger partial charge is 0.258 e. The highest BCUT2D eigenvalue weighted by Gasteiger charge is 2.18. The summed E-state index contributed by atoms with van der Waals surface area (Å²) in [6, 6.07) is 14.3. The van der Waals surface area contributed by atoms with E-state index in [-0.39, 0.29) is 21.9 Å². The first-order chi connectivity index (χ1) is 11.8. The molecule has 0 bridgehead atoms. The van der Waals surface area contributed by atoms with E-state index in [4.69, 9.17) is 0 Å². The molecule has 0 saturated heterocycles. The van der Waals surface area contributed by atoms with E-state index in [9.17, 15) is 18.0 Å². The Morgan fingerprint density at radius 1 is 1.04 bits per heavy atom. The summed E-state index contributed by atoms with van der Waals surface area (Å²) in [5.74, 6) is -0.352. The third kappa shape index (κ3) is 3.32. The number of aromatic nitrogens is 1. The fraction of sp³-hybridized carbons (Fsp3) is 0.111. The van der Waals surface area contributed by atoms with Crippen molar-refractivity contribution < 1.29 is 13.2 Å². The quantitative estimate of drug-likeness (QED) is 0.779. The van der Waals surface area contributed by atoms with Gasteiger partial charge in [0.25, 0.3) is 5.91 Å². The molecular weight excluding hydrogens is 340 g/mol. The zero-order valence-corrected chi connectivity index (χ0v) is 14.5. The Labute approximate surface area is 144 Å². The van der Waals surface area contributed by atoms with Gasteiger partial charge >= 0.3 is 0 Å². The van der Waals surface area contributed by atoms with Crippen molar-refractivity contribution >= 4 is 32.3 Å². The van der Waals surface area contributed by atoms with Crippen LogP contribution in [0.3, 0.4) is 0 Å². The van der Waals surface area contributed by atoms with Crippen LogP contribution in [-0.2, 0) is 9.84 Å². The van der Waals surface area contributed by atoms with Crippen molar-refractivity contribution in [2.45, 2.75) is 4.90 Å². The number of nitrogens with one attached hydrogen (secondary N) is 1. The number of H-pyrrole nitrogens is 1. The molecule has 2 aromatic carbocycles. The number of rotatable bonds is 3. The van der Waals surface area contributed by atoms with E-state index in [0.717, 1.165) is 6.26 Å². The number of nitrogens with zero attached hydrogens (tertiary/aromatic N) is 1. The van der Waals surface area contributed by atoms with Crippen LogP contribution in [0.5, 0.6) is 0 Å². The fourth-order valence-corrected chi connectivity index (χ4v) is 3.23. The molecule has 1 amide bonds. The Balaban J connectivity index is 2.02. The first-order valence-electron chi connectivity index (χ1n) is 7.47. The fourth-order valence-electron chi connectivity index (χ4n) is 2.60. The average molecular weight is 356 g/mol. The summed E-state index contributed by atoms with van der Waals surface area (Å²) >= 11 is 0. The number of hydrogen-bond acceptors (Lipinski definition) is 4. The number of aromatic amines is 1. The topological polar surface area (TPSA) is 87.3 Å². The molecule has 0 spiro atoms. The summed E-state index contributed by atoms with van der Waals surface area (Å²) in [4.78, 5) is 28.9. The Morgan fingerprint density at radius 3 is 2.32 bits per heavy atom. The molecule has 0 aliphatic heterocycles. The molecule has 0 atom stereocenters. The molecule has 0 aliphatic rings. The lowest BCUT2D eigenvalue weighted by Gasteiger charge is -2.18. The first kappa shape index (κ1) is 16.9. The summed E-state index contributed by atoms with van der Waals surface area (Å²) in [6.45, 7) is 0. The van der Waals surface area contributed by atoms with Crippen molar-refractivity contribution in [2.24, 2.45) is 0 Å². The Hall–Kier alpha value is -2.93. The molecule has 0 unspecified atom stereocenters. The SMILES string of the molecule is CN(C(=O)c1cc(=O)[nH]c2ccccc12)c1ccc(S(C)(=O)=O)cc1. The van der Waals surface area contributed by atoms with Crippen LogP contribution in [-0.4, -0.2) is 32.6 Å². The van der Waals surface area contributed by atoms with Gasteiger partial charge in [-0.2, -0.15) is 0 Å². The van der Waals surface area contributed by atoms with E-state index in [1.807, 2.05) is 0 Å². The highest BCUT2D eigenvalue weighted by atomic mass is 32.2. The molecule has 1 N–H and O–H groups in total. The second-order valence-corrected chi connectivity index (χ2v) is 7.74. The summed E-state index contributed by atoms with van der Waals surface area (Å²) < 4.78 is 23.1. The molecule has 0 aliphatic carbocycles. The zero-order chi connectivity index (χ0) is 18.2. The lowest BCUT2D eigenvalue weighted by molar-refractivity contribution is 0.0994. The van der Waals surface area contributed by atoms with Crippen LogP contribution in [0.4, 0.5) is 5.69 Å². The zero-order valence-electron chi connectivity index (χ0n) is 13.7. The maximum atomic E-state index is 12.8. The third-order valence-electron chi connectivity index (χ3n) is 3.94. The van der Waals surface area contributed by atoms with E-state index < -0.39 is 9.84 Å². The highest BCUT2D eigenvalue weighted by molar-refractivity contribution is 7.90. The number of para-hydroxylation sites is 1. The second-order valence-electron chi connectivity index (χ2n) is 5.72. The molecule has 128 valence electrons. The van der Waals surface area contributed by atoms with Crippen LogP contribution in [0.15, 0.2) is 64.3 Å². The molecule has 1 aromatic heterocycles. The summed E-state index contributed by atoms with van der Waals surface area (Å²) in [5, 5.41) is 0.645. The van der Waals surface area contributed by atoms with Crippen molar-refractivity contribution in [1.29, 1.82) is 0 Å². The van der Waals surface area contributed by atoms with E-state index in [1.165, 1.54) is 23.1 Å². The molecule has 3 aromatic rings. The van der Waals surface area contributed by atoms with Crippen molar-refractivity contribution in [3.05, 3.63) is 70.5 Å². The normalized spacial score (nSPS) is 11.4. The monoisotopic (exact) mass is 356 g/mol. The maximum Gasteiger partial charge on any atom is 0.258 e. The largest absolute Gasteiger partial charge is 0.322 e. The van der Waals surface area contributed by atoms with E-state index in [1.54, 1.807) is 43.4 Å². The first-order valence-corrected chi connectivity index (χ1v) is 9.37. The summed E-state index contributed by atoms with van der Waals surface area (Å²) in [7, 11) is -1.72. The van der Waals surface area contributed by atoms with Crippen molar-refractivity contribution in [3.63, 3.8) is 0 Å². The van der Waals surface area contributed by atoms with Gasteiger partial charge in [0.2, 0.25) is 5.56 Å². The predicted molar refractivity (Wildman–Crippen MR) is 96.9 cm³/mol. The molecule has 6 nitrogen and oxygen atoms in total. The predicted octanol–water partition coefficient (Wildman–Crippen LogP) is 2.21. The van der Waals surface area contributed by atoms with Crippen LogP contribution < -0.4 is 10.5 Å². The number of pyridine rings is 1. The second kappa shape index (κ2) is 6.18. The standard InChI is InChI=1S/C18H16N2O4S/c1-20(12-7-9-13(10-8-12)25(2,23)24)18(22)15-11-17(21)19-16-6-4-3-5-14(15)16/h3-11H,1-2H3,(H,19,21). The molecule has 3 rings (SSSR count). The maximum absolute atomic E-state index is 12.8. The van der Waals surface area contributed by atoms with Gasteiger partial charge in [-0.05, 0) is 30.3 Å². The summed E-state index contributed by atoms with van der Waals surface area (Å²) in [5.41, 5.74) is 1.04. The number of amides is 1. The lowest BCUT2D eigenvalue weighted by Crippen LogP contribution is -2.27. The van der Waals surface area contributed by atoms with Gasteiger partial charge in [-0.15, -0.1) is 0 Å². The average Bonchev–Trinajstić information content (AvgIpc) is 2.59. The van der Waals surface area contributed by atoms with Gasteiger partial charge in [0.1, 0.15) is 0 Å². The molecule has 0 fully saturated rings. The highest BCUT2D eigenvalue weighted by Crippen LogP contribution is 2.21.